The van der Waals surface area contributed by atoms with Crippen LogP contribution in [0.5, 0.6) is 5.75 Å². The third-order valence-corrected chi connectivity index (χ3v) is 7.39. The molecule has 1 amide bonds. The molecule has 27 heavy (non-hydrogen) atoms. The molecule has 0 bridgehead atoms. The first-order valence-corrected chi connectivity index (χ1v) is 11.6. The Hall–Kier alpha value is -1.51. The van der Waals surface area contributed by atoms with E-state index in [2.05, 4.69) is 16.3 Å². The molecule has 2 N–H and O–H groups in total. The summed E-state index contributed by atoms with van der Waals surface area (Å²) in [5.41, 5.74) is 1.09. The van der Waals surface area contributed by atoms with Gasteiger partial charge < -0.3 is 19.9 Å². The van der Waals surface area contributed by atoms with Crippen molar-refractivity contribution in [2.75, 3.05) is 55.7 Å². The van der Waals surface area contributed by atoms with Crippen LogP contribution in [0.25, 0.3) is 0 Å². The molecule has 2 aliphatic rings. The summed E-state index contributed by atoms with van der Waals surface area (Å²) in [6, 6.07) is 7.52. The summed E-state index contributed by atoms with van der Waals surface area (Å²) >= 11 is 6.06. The summed E-state index contributed by atoms with van der Waals surface area (Å²) in [4.78, 5) is 15.8. The molecule has 2 saturated heterocycles. The van der Waals surface area contributed by atoms with Gasteiger partial charge in [-0.2, -0.15) is 0 Å². The van der Waals surface area contributed by atoms with Gasteiger partial charge in [0.05, 0.1) is 61.4 Å². The molecular weight excluding hydrogens is 390 g/mol. The summed E-state index contributed by atoms with van der Waals surface area (Å²) in [6.45, 7) is 6.27. The molecular formula is C18H27ClN3O4S+. The first kappa shape index (κ1) is 20.2. The van der Waals surface area contributed by atoms with E-state index < -0.39 is 21.3 Å². The number of quaternary nitrogens is 1. The summed E-state index contributed by atoms with van der Waals surface area (Å²) in [6.07, 6.45) is 0. The van der Waals surface area contributed by atoms with E-state index in [4.69, 9.17) is 16.3 Å². The smallest absolute Gasteiger partial charge is 0.275 e. The van der Waals surface area contributed by atoms with E-state index in [0.29, 0.717) is 13.2 Å². The zero-order valence-electron chi connectivity index (χ0n) is 15.5. The number of nitrogens with zero attached hydrogens (tertiary/aromatic N) is 1. The van der Waals surface area contributed by atoms with Gasteiger partial charge in [0.25, 0.3) is 5.91 Å². The lowest BCUT2D eigenvalue weighted by atomic mass is 10.2. The molecule has 2 heterocycles. The fourth-order valence-electron chi connectivity index (χ4n) is 3.66. The van der Waals surface area contributed by atoms with Crippen molar-refractivity contribution in [3.05, 3.63) is 24.3 Å². The molecule has 2 atom stereocenters. The molecule has 1 aromatic rings. The third kappa shape index (κ3) is 5.27. The summed E-state index contributed by atoms with van der Waals surface area (Å²) in [7, 11) is -3.14. The number of nitrogens with one attached hydrogen (secondary N) is 2. The molecule has 3 rings (SSSR count). The quantitative estimate of drug-likeness (QED) is 0.600. The number of rotatable bonds is 6. The van der Waals surface area contributed by atoms with Gasteiger partial charge in [-0.25, -0.2) is 8.42 Å². The van der Waals surface area contributed by atoms with Crippen molar-refractivity contribution in [2.45, 2.75) is 18.3 Å². The van der Waals surface area contributed by atoms with Crippen molar-refractivity contribution >= 4 is 33.0 Å². The number of piperazine rings is 1. The van der Waals surface area contributed by atoms with E-state index >= 15 is 0 Å². The topological polar surface area (TPSA) is 80.2 Å². The van der Waals surface area contributed by atoms with Gasteiger partial charge in [-0.05, 0) is 19.1 Å². The molecule has 0 saturated carbocycles. The average Bonchev–Trinajstić information content (AvgIpc) is 2.88. The minimum Gasteiger partial charge on any atom is -0.492 e. The number of amides is 1. The van der Waals surface area contributed by atoms with Crippen LogP contribution in [-0.4, -0.2) is 76.6 Å². The zero-order chi connectivity index (χ0) is 19.4. The molecule has 7 nitrogen and oxygen atoms in total. The Morgan fingerprint density at radius 2 is 2.00 bits per heavy atom. The Morgan fingerprint density at radius 1 is 1.30 bits per heavy atom. The van der Waals surface area contributed by atoms with Crippen LogP contribution in [-0.2, 0) is 14.6 Å². The van der Waals surface area contributed by atoms with Crippen LogP contribution in [0.4, 0.5) is 5.69 Å². The lowest BCUT2D eigenvalue weighted by Crippen LogP contribution is -3.16. The van der Waals surface area contributed by atoms with Gasteiger partial charge >= 0.3 is 0 Å². The van der Waals surface area contributed by atoms with Gasteiger partial charge in [-0.1, -0.05) is 12.1 Å². The minimum atomic E-state index is -3.14. The molecule has 9 heteroatoms. The molecule has 1 aromatic carbocycles. The second-order valence-electron chi connectivity index (χ2n) is 7.08. The highest BCUT2D eigenvalue weighted by Crippen LogP contribution is 2.27. The van der Waals surface area contributed by atoms with Gasteiger partial charge in [-0.15, -0.1) is 11.6 Å². The first-order valence-electron chi connectivity index (χ1n) is 9.32. The van der Waals surface area contributed by atoms with Gasteiger partial charge in [0.15, 0.2) is 16.4 Å². The molecule has 150 valence electrons. The zero-order valence-corrected chi connectivity index (χ0v) is 17.1. The van der Waals surface area contributed by atoms with E-state index in [9.17, 15) is 13.2 Å². The Morgan fingerprint density at radius 3 is 2.63 bits per heavy atom. The fraction of sp³-hybridized carbons (Fsp3) is 0.611. The maximum absolute atomic E-state index is 12.3. The van der Waals surface area contributed by atoms with Gasteiger partial charge in [0.2, 0.25) is 0 Å². The van der Waals surface area contributed by atoms with Gasteiger partial charge in [-0.3, -0.25) is 4.79 Å². The van der Waals surface area contributed by atoms with E-state index in [1.807, 2.05) is 25.1 Å². The van der Waals surface area contributed by atoms with Crippen LogP contribution in [0.2, 0.25) is 0 Å². The SMILES string of the molecule is CCOc1ccccc1N1CC[NH+](CC(=O)N[C@@H]2CS(=O)(=O)C[C@@H]2Cl)CC1. The van der Waals surface area contributed by atoms with Crippen LogP contribution in [0.15, 0.2) is 24.3 Å². The van der Waals surface area contributed by atoms with Crippen molar-refractivity contribution in [3.63, 3.8) is 0 Å². The van der Waals surface area contributed by atoms with E-state index in [0.717, 1.165) is 37.6 Å². The fourth-order valence-corrected chi connectivity index (χ4v) is 6.21. The van der Waals surface area contributed by atoms with Crippen molar-refractivity contribution in [1.29, 1.82) is 0 Å². The summed E-state index contributed by atoms with van der Waals surface area (Å²) in [5.74, 6) is 0.617. The number of hydrogen-bond acceptors (Lipinski definition) is 5. The van der Waals surface area contributed by atoms with Crippen LogP contribution in [0, 0.1) is 0 Å². The number of anilines is 1. The summed E-state index contributed by atoms with van der Waals surface area (Å²) in [5, 5.41) is 2.25. The Labute approximate surface area is 165 Å². The first-order chi connectivity index (χ1) is 12.9. The number of benzene rings is 1. The van der Waals surface area contributed by atoms with E-state index in [1.54, 1.807) is 0 Å². The number of halogens is 1. The predicted molar refractivity (Wildman–Crippen MR) is 106 cm³/mol. The highest BCUT2D eigenvalue weighted by molar-refractivity contribution is 7.91. The monoisotopic (exact) mass is 416 g/mol. The predicted octanol–water partition coefficient (Wildman–Crippen LogP) is -0.689. The minimum absolute atomic E-state index is 0.0652. The normalized spacial score (nSPS) is 25.3. The molecule has 0 aliphatic carbocycles. The van der Waals surface area contributed by atoms with Crippen molar-refractivity contribution < 1.29 is 22.8 Å². The van der Waals surface area contributed by atoms with Crippen LogP contribution in [0.3, 0.4) is 0 Å². The lowest BCUT2D eigenvalue weighted by Gasteiger charge is -2.34. The van der Waals surface area contributed by atoms with E-state index in [-0.39, 0.29) is 17.4 Å². The Balaban J connectivity index is 1.49. The van der Waals surface area contributed by atoms with Crippen LogP contribution < -0.4 is 19.9 Å². The van der Waals surface area contributed by atoms with Crippen molar-refractivity contribution in [1.82, 2.24) is 5.32 Å². The van der Waals surface area contributed by atoms with E-state index in [1.165, 1.54) is 4.90 Å². The second-order valence-corrected chi connectivity index (χ2v) is 9.80. The van der Waals surface area contributed by atoms with Gasteiger partial charge in [0, 0.05) is 0 Å². The van der Waals surface area contributed by atoms with Crippen LogP contribution in [0.1, 0.15) is 6.92 Å². The average molecular weight is 417 g/mol. The number of sulfone groups is 1. The molecule has 0 unspecified atom stereocenters. The van der Waals surface area contributed by atoms with Crippen molar-refractivity contribution in [3.8, 4) is 5.75 Å². The molecule has 0 aromatic heterocycles. The molecule has 0 radical (unpaired) electrons. The van der Waals surface area contributed by atoms with Crippen LogP contribution >= 0.6 is 11.6 Å². The number of alkyl halides is 1. The lowest BCUT2D eigenvalue weighted by molar-refractivity contribution is -0.892. The number of ether oxygens (including phenoxy) is 1. The number of para-hydroxylation sites is 2. The standard InChI is InChI=1S/C18H26ClN3O4S/c1-2-26-17-6-4-3-5-16(17)22-9-7-21(8-10-22)11-18(23)20-15-13-27(24,25)12-14(15)19/h3-6,14-15H,2,7-13H2,1H3,(H,20,23)/p+1/t14-,15+/m0/s1. The Kier molecular flexibility index (Phi) is 6.49. The maximum atomic E-state index is 12.3. The Bertz CT molecular complexity index is 766. The third-order valence-electron chi connectivity index (χ3n) is 5.02. The second kappa shape index (κ2) is 8.67. The largest absolute Gasteiger partial charge is 0.492 e. The molecule has 0 spiro atoms. The maximum Gasteiger partial charge on any atom is 0.275 e. The van der Waals surface area contributed by atoms with Crippen molar-refractivity contribution in [2.24, 2.45) is 0 Å². The highest BCUT2D eigenvalue weighted by atomic mass is 35.5. The molecule has 2 aliphatic heterocycles. The van der Waals surface area contributed by atoms with Gasteiger partial charge in [0.1, 0.15) is 5.75 Å². The highest BCUT2D eigenvalue weighted by Gasteiger charge is 2.37. The number of carbonyl (C=O) groups is 1. The number of hydrogen-bond donors (Lipinski definition) is 2. The number of carbonyl (C=O) groups excluding carboxylic acids is 1. The summed E-state index contributed by atoms with van der Waals surface area (Å²) < 4.78 is 28.9. The molecule has 2 fully saturated rings.